The smallest absolute Gasteiger partial charge is 0.0902 e. The Balaban J connectivity index is 2.25. The summed E-state index contributed by atoms with van der Waals surface area (Å²) in [4.78, 5) is 3.84. The summed E-state index contributed by atoms with van der Waals surface area (Å²) in [5.74, 6) is 0. The van der Waals surface area contributed by atoms with Crippen molar-refractivity contribution >= 4 is 27.3 Å². The molecule has 0 radical (unpaired) electrons. The van der Waals surface area contributed by atoms with Gasteiger partial charge in [0.25, 0.3) is 0 Å². The highest BCUT2D eigenvalue weighted by Gasteiger charge is 2.34. The van der Waals surface area contributed by atoms with Gasteiger partial charge >= 0.3 is 0 Å². The fraction of sp³-hybridized carbons (Fsp3) is 0.667. The Morgan fingerprint density at radius 1 is 1.65 bits per heavy atom. The molecule has 2 rings (SSSR count). The van der Waals surface area contributed by atoms with Gasteiger partial charge in [-0.3, -0.25) is 4.90 Å². The average molecular weight is 319 g/mol. The lowest BCUT2D eigenvalue weighted by molar-refractivity contribution is -0.0666. The van der Waals surface area contributed by atoms with E-state index in [1.165, 1.54) is 9.35 Å². The molecule has 1 fully saturated rings. The summed E-state index contributed by atoms with van der Waals surface area (Å²) in [6.45, 7) is 5.69. The molecule has 5 heteroatoms. The van der Waals surface area contributed by atoms with E-state index >= 15 is 0 Å². The van der Waals surface area contributed by atoms with E-state index in [-0.39, 0.29) is 6.10 Å². The summed E-state index contributed by atoms with van der Waals surface area (Å²) >= 11 is 5.41. The molecule has 0 spiro atoms. The third-order valence-electron chi connectivity index (χ3n) is 3.11. The Labute approximate surface area is 115 Å². The zero-order valence-corrected chi connectivity index (χ0v) is 12.5. The van der Waals surface area contributed by atoms with Crippen molar-refractivity contribution in [2.45, 2.75) is 25.5 Å². The van der Waals surface area contributed by atoms with Crippen molar-refractivity contribution in [1.82, 2.24) is 4.90 Å². The number of hydrogen-bond donors (Lipinski definition) is 1. The summed E-state index contributed by atoms with van der Waals surface area (Å²) in [5, 5.41) is 2.12. The van der Waals surface area contributed by atoms with E-state index in [9.17, 15) is 0 Å². The van der Waals surface area contributed by atoms with Crippen LogP contribution in [0.25, 0.3) is 0 Å². The normalized spacial score (nSPS) is 26.3. The lowest BCUT2D eigenvalue weighted by Gasteiger charge is -2.40. The molecule has 1 saturated heterocycles. The van der Waals surface area contributed by atoms with Crippen LogP contribution in [0.15, 0.2) is 15.9 Å². The summed E-state index contributed by atoms with van der Waals surface area (Å²) in [7, 11) is 0. The van der Waals surface area contributed by atoms with Crippen molar-refractivity contribution in [3.8, 4) is 0 Å². The van der Waals surface area contributed by atoms with Crippen LogP contribution < -0.4 is 5.73 Å². The number of nitrogens with two attached hydrogens (primary N) is 1. The minimum absolute atomic E-state index is 0.116. The number of morpholine rings is 1. The van der Waals surface area contributed by atoms with E-state index in [2.05, 4.69) is 39.2 Å². The van der Waals surface area contributed by atoms with Crippen LogP contribution in [0.5, 0.6) is 0 Å². The second-order valence-corrected chi connectivity index (χ2v) is 6.06. The Morgan fingerprint density at radius 3 is 3.06 bits per heavy atom. The SMILES string of the molecule is CCCN1CCOC(CN)C1c1sccc1Br. The molecule has 1 aromatic rings. The molecule has 0 saturated carbocycles. The Bertz CT molecular complexity index is 356. The van der Waals surface area contributed by atoms with Crippen LogP contribution in [-0.2, 0) is 4.74 Å². The quantitative estimate of drug-likeness (QED) is 0.927. The zero-order chi connectivity index (χ0) is 12.3. The van der Waals surface area contributed by atoms with Crippen molar-refractivity contribution in [3.05, 3.63) is 20.8 Å². The van der Waals surface area contributed by atoms with Gasteiger partial charge in [0.2, 0.25) is 0 Å². The topological polar surface area (TPSA) is 38.5 Å². The van der Waals surface area contributed by atoms with Gasteiger partial charge in [0.15, 0.2) is 0 Å². The zero-order valence-electron chi connectivity index (χ0n) is 10.1. The van der Waals surface area contributed by atoms with E-state index in [0.29, 0.717) is 12.6 Å². The summed E-state index contributed by atoms with van der Waals surface area (Å²) in [6, 6.07) is 2.41. The van der Waals surface area contributed by atoms with Gasteiger partial charge in [0, 0.05) is 22.4 Å². The molecule has 0 amide bonds. The minimum Gasteiger partial charge on any atom is -0.374 e. The van der Waals surface area contributed by atoms with E-state index < -0.39 is 0 Å². The minimum atomic E-state index is 0.116. The molecule has 2 unspecified atom stereocenters. The monoisotopic (exact) mass is 318 g/mol. The van der Waals surface area contributed by atoms with Crippen LogP contribution in [0, 0.1) is 0 Å². The molecule has 2 atom stereocenters. The van der Waals surface area contributed by atoms with Crippen molar-refractivity contribution in [1.29, 1.82) is 0 Å². The first kappa shape index (κ1) is 13.5. The Kier molecular flexibility index (Phi) is 4.99. The van der Waals surface area contributed by atoms with Crippen molar-refractivity contribution in [2.24, 2.45) is 5.73 Å². The molecule has 2 N–H and O–H groups in total. The van der Waals surface area contributed by atoms with E-state index in [1.54, 1.807) is 11.3 Å². The largest absolute Gasteiger partial charge is 0.374 e. The highest BCUT2D eigenvalue weighted by atomic mass is 79.9. The molecule has 2 heterocycles. The Hall–Kier alpha value is 0.0600. The lowest BCUT2D eigenvalue weighted by atomic mass is 10.1. The summed E-state index contributed by atoms with van der Waals surface area (Å²) in [5.41, 5.74) is 5.85. The maximum atomic E-state index is 5.85. The molecule has 3 nitrogen and oxygen atoms in total. The molecule has 0 aromatic carbocycles. The maximum Gasteiger partial charge on any atom is 0.0902 e. The first-order valence-electron chi connectivity index (χ1n) is 6.06. The first-order valence-corrected chi connectivity index (χ1v) is 7.73. The number of nitrogens with zero attached hydrogens (tertiary/aromatic N) is 1. The molecule has 1 aliphatic rings. The highest BCUT2D eigenvalue weighted by molar-refractivity contribution is 9.10. The van der Waals surface area contributed by atoms with Gasteiger partial charge < -0.3 is 10.5 Å². The van der Waals surface area contributed by atoms with Crippen LogP contribution >= 0.6 is 27.3 Å². The molecule has 0 aliphatic carbocycles. The van der Waals surface area contributed by atoms with Crippen molar-refractivity contribution < 1.29 is 4.74 Å². The van der Waals surface area contributed by atoms with Crippen LogP contribution in [0.4, 0.5) is 0 Å². The van der Waals surface area contributed by atoms with E-state index in [4.69, 9.17) is 10.5 Å². The molecule has 96 valence electrons. The number of rotatable bonds is 4. The second kappa shape index (κ2) is 6.29. The molecule has 1 aromatic heterocycles. The van der Waals surface area contributed by atoms with Crippen LogP contribution in [-0.4, -0.2) is 37.2 Å². The second-order valence-electron chi connectivity index (χ2n) is 4.26. The van der Waals surface area contributed by atoms with E-state index in [1.807, 2.05) is 0 Å². The number of ether oxygens (including phenoxy) is 1. The standard InChI is InChI=1S/C12H19BrN2OS/c1-2-4-15-5-6-16-10(8-14)11(15)12-9(13)3-7-17-12/h3,7,10-11H,2,4-6,8,14H2,1H3. The fourth-order valence-corrected chi connectivity index (χ4v) is 4.17. The number of hydrogen-bond acceptors (Lipinski definition) is 4. The van der Waals surface area contributed by atoms with Crippen LogP contribution in [0.3, 0.4) is 0 Å². The molecular formula is C12H19BrN2OS. The predicted molar refractivity (Wildman–Crippen MR) is 75.4 cm³/mol. The van der Waals surface area contributed by atoms with Gasteiger partial charge in [-0.15, -0.1) is 11.3 Å². The van der Waals surface area contributed by atoms with Gasteiger partial charge in [-0.25, -0.2) is 0 Å². The number of halogens is 1. The van der Waals surface area contributed by atoms with Gasteiger partial charge in [0.05, 0.1) is 18.8 Å². The van der Waals surface area contributed by atoms with Gasteiger partial charge in [0.1, 0.15) is 0 Å². The third kappa shape index (κ3) is 2.90. The lowest BCUT2D eigenvalue weighted by Crippen LogP contribution is -2.48. The Morgan fingerprint density at radius 2 is 2.47 bits per heavy atom. The van der Waals surface area contributed by atoms with Crippen LogP contribution in [0.1, 0.15) is 24.3 Å². The average Bonchev–Trinajstić information content (AvgIpc) is 2.75. The fourth-order valence-electron chi connectivity index (χ4n) is 2.37. The van der Waals surface area contributed by atoms with Crippen molar-refractivity contribution in [3.63, 3.8) is 0 Å². The van der Waals surface area contributed by atoms with Gasteiger partial charge in [-0.2, -0.15) is 0 Å². The highest BCUT2D eigenvalue weighted by Crippen LogP contribution is 2.37. The third-order valence-corrected chi connectivity index (χ3v) is 5.05. The molecule has 1 aliphatic heterocycles. The molecular weight excluding hydrogens is 300 g/mol. The summed E-state index contributed by atoms with van der Waals surface area (Å²) in [6.07, 6.45) is 1.28. The first-order chi connectivity index (χ1) is 8.27. The van der Waals surface area contributed by atoms with Gasteiger partial charge in [-0.1, -0.05) is 6.92 Å². The predicted octanol–water partition coefficient (Wildman–Crippen LogP) is 2.62. The summed E-state index contributed by atoms with van der Waals surface area (Å²) < 4.78 is 6.99. The van der Waals surface area contributed by atoms with Crippen molar-refractivity contribution in [2.75, 3.05) is 26.2 Å². The van der Waals surface area contributed by atoms with Gasteiger partial charge in [-0.05, 0) is 40.3 Å². The number of thiophene rings is 1. The van der Waals surface area contributed by atoms with E-state index in [0.717, 1.165) is 26.1 Å². The molecule has 17 heavy (non-hydrogen) atoms. The molecule has 0 bridgehead atoms. The maximum absolute atomic E-state index is 5.85. The van der Waals surface area contributed by atoms with Crippen LogP contribution in [0.2, 0.25) is 0 Å².